The summed E-state index contributed by atoms with van der Waals surface area (Å²) in [7, 11) is 0. The number of halogens is 1. The predicted molar refractivity (Wildman–Crippen MR) is 47.3 cm³/mol. The largest absolute Gasteiger partial charge is 0.647 e. The second-order valence-corrected chi connectivity index (χ2v) is 2.90. The van der Waals surface area contributed by atoms with Crippen LogP contribution in [0.25, 0.3) is 5.32 Å². The molecule has 13 heavy (non-hydrogen) atoms. The number of allylic oxidation sites excluding steroid dienone is 1. The van der Waals surface area contributed by atoms with Crippen LogP contribution in [-0.4, -0.2) is 0 Å². The van der Waals surface area contributed by atoms with Crippen LogP contribution in [0.2, 0.25) is 0 Å². The molecule has 1 aliphatic heterocycles. The van der Waals surface area contributed by atoms with Gasteiger partial charge in [0.25, 0.3) is 0 Å². The molecule has 3 heteroatoms. The third-order valence-corrected chi connectivity index (χ3v) is 1.86. The average molecular weight is 178 g/mol. The van der Waals surface area contributed by atoms with Crippen LogP contribution in [0.3, 0.4) is 0 Å². The number of hydrogen-bond acceptors (Lipinski definition) is 1. The fraction of sp³-hybridized carbons (Fsp3) is 0.200. The maximum atomic E-state index is 13.2. The zero-order valence-corrected chi connectivity index (χ0v) is 7.20. The molecule has 1 aliphatic rings. The maximum absolute atomic E-state index is 13.2. The molecular formula is C10H9FNO-. The molecule has 2 nitrogen and oxygen atoms in total. The van der Waals surface area contributed by atoms with Crippen molar-refractivity contribution in [3.63, 3.8) is 0 Å². The summed E-state index contributed by atoms with van der Waals surface area (Å²) >= 11 is 0. The number of benzene rings is 1. The molecule has 1 atom stereocenters. The Morgan fingerprint density at radius 1 is 1.38 bits per heavy atom. The van der Waals surface area contributed by atoms with Crippen LogP contribution in [0.15, 0.2) is 36.2 Å². The van der Waals surface area contributed by atoms with E-state index in [9.17, 15) is 4.39 Å². The van der Waals surface area contributed by atoms with Crippen molar-refractivity contribution in [2.24, 2.45) is 0 Å². The van der Waals surface area contributed by atoms with E-state index >= 15 is 0 Å². The van der Waals surface area contributed by atoms with Gasteiger partial charge in [-0.15, -0.1) is 5.70 Å². The number of nitrogens with zero attached hydrogens (tertiary/aromatic N) is 1. The molecule has 0 spiro atoms. The van der Waals surface area contributed by atoms with Crippen LogP contribution in [0.1, 0.15) is 18.7 Å². The zero-order chi connectivity index (χ0) is 9.26. The van der Waals surface area contributed by atoms with Crippen molar-refractivity contribution in [3.8, 4) is 0 Å². The molecular weight excluding hydrogens is 169 g/mol. The Kier molecular flexibility index (Phi) is 1.93. The lowest BCUT2D eigenvalue weighted by Gasteiger charge is -2.24. The molecule has 0 saturated heterocycles. The van der Waals surface area contributed by atoms with Crippen LogP contribution < -0.4 is 0 Å². The molecule has 0 aromatic heterocycles. The number of ether oxygens (including phenoxy) is 1. The van der Waals surface area contributed by atoms with Gasteiger partial charge in [0.1, 0.15) is 5.82 Å². The maximum Gasteiger partial charge on any atom is 0.128 e. The van der Waals surface area contributed by atoms with E-state index in [0.717, 1.165) is 5.70 Å². The summed E-state index contributed by atoms with van der Waals surface area (Å²) in [5.74, 6) is -0.278. The molecule has 0 amide bonds. The topological polar surface area (TPSA) is 23.3 Å². The lowest BCUT2D eigenvalue weighted by molar-refractivity contribution is 0.196. The van der Waals surface area contributed by atoms with Gasteiger partial charge in [-0.2, -0.15) is 0 Å². The molecule has 1 aromatic carbocycles. The Balaban J connectivity index is 2.23. The van der Waals surface area contributed by atoms with E-state index in [1.54, 1.807) is 18.2 Å². The standard InChI is InChI=1S/C10H9FNO/c1-7-6-13-10(12-7)8-4-2-3-5-9(8)11/h2-6,10H,1H3/q-1. The molecule has 0 radical (unpaired) electrons. The van der Waals surface area contributed by atoms with Gasteiger partial charge in [-0.25, -0.2) is 4.39 Å². The minimum absolute atomic E-state index is 0.278. The highest BCUT2D eigenvalue weighted by Gasteiger charge is 2.10. The molecule has 0 N–H and O–H groups in total. The highest BCUT2D eigenvalue weighted by molar-refractivity contribution is 5.30. The second kappa shape index (κ2) is 3.09. The van der Waals surface area contributed by atoms with Gasteiger partial charge in [0.15, 0.2) is 0 Å². The summed E-state index contributed by atoms with van der Waals surface area (Å²) < 4.78 is 18.4. The van der Waals surface area contributed by atoms with Gasteiger partial charge >= 0.3 is 0 Å². The van der Waals surface area contributed by atoms with E-state index in [0.29, 0.717) is 5.56 Å². The third-order valence-electron chi connectivity index (χ3n) is 1.86. The average Bonchev–Trinajstić information content (AvgIpc) is 2.53. The summed E-state index contributed by atoms with van der Waals surface area (Å²) in [5.41, 5.74) is 1.27. The van der Waals surface area contributed by atoms with Crippen molar-refractivity contribution in [1.29, 1.82) is 0 Å². The molecule has 1 aromatic rings. The summed E-state index contributed by atoms with van der Waals surface area (Å²) in [6, 6.07) is 6.50. The van der Waals surface area contributed by atoms with Gasteiger partial charge in [0.2, 0.25) is 0 Å². The van der Waals surface area contributed by atoms with Crippen LogP contribution in [0.5, 0.6) is 0 Å². The number of rotatable bonds is 1. The predicted octanol–water partition coefficient (Wildman–Crippen LogP) is 3.09. The summed E-state index contributed by atoms with van der Waals surface area (Å²) in [5, 5.41) is 4.12. The van der Waals surface area contributed by atoms with Crippen molar-refractivity contribution in [1.82, 2.24) is 0 Å². The minimum atomic E-state index is -0.499. The first-order valence-electron chi connectivity index (χ1n) is 4.05. The van der Waals surface area contributed by atoms with Crippen molar-refractivity contribution in [2.45, 2.75) is 13.2 Å². The molecule has 0 bridgehead atoms. The zero-order valence-electron chi connectivity index (χ0n) is 7.20. The van der Waals surface area contributed by atoms with Gasteiger partial charge in [-0.05, 0) is 6.07 Å². The Hall–Kier alpha value is -1.51. The van der Waals surface area contributed by atoms with Crippen molar-refractivity contribution < 1.29 is 9.13 Å². The highest BCUT2D eigenvalue weighted by atomic mass is 19.1. The Bertz CT molecular complexity index is 349. The molecule has 0 saturated carbocycles. The van der Waals surface area contributed by atoms with Crippen molar-refractivity contribution in [3.05, 3.63) is 52.9 Å². The van der Waals surface area contributed by atoms with Gasteiger partial charge in [0.05, 0.1) is 12.5 Å². The quantitative estimate of drug-likeness (QED) is 0.648. The van der Waals surface area contributed by atoms with Gasteiger partial charge in [0, 0.05) is 5.56 Å². The molecule has 0 fully saturated rings. The van der Waals surface area contributed by atoms with E-state index in [4.69, 9.17) is 4.74 Å². The highest BCUT2D eigenvalue weighted by Crippen LogP contribution is 2.34. The normalized spacial score (nSPS) is 20.5. The fourth-order valence-corrected chi connectivity index (χ4v) is 1.23. The molecule has 1 unspecified atom stereocenters. The Labute approximate surface area is 76.0 Å². The smallest absolute Gasteiger partial charge is 0.128 e. The molecule has 1 heterocycles. The summed E-state index contributed by atoms with van der Waals surface area (Å²) in [6.45, 7) is 1.82. The van der Waals surface area contributed by atoms with E-state index in [1.165, 1.54) is 12.3 Å². The minimum Gasteiger partial charge on any atom is -0.647 e. The van der Waals surface area contributed by atoms with E-state index in [-0.39, 0.29) is 5.82 Å². The lowest BCUT2D eigenvalue weighted by atomic mass is 10.2. The lowest BCUT2D eigenvalue weighted by Crippen LogP contribution is -1.97. The summed E-state index contributed by atoms with van der Waals surface area (Å²) in [4.78, 5) is 0. The van der Waals surface area contributed by atoms with Gasteiger partial charge < -0.3 is 10.1 Å². The molecule has 0 aliphatic carbocycles. The fourth-order valence-electron chi connectivity index (χ4n) is 1.23. The van der Waals surface area contributed by atoms with Gasteiger partial charge in [-0.1, -0.05) is 25.1 Å². The Morgan fingerprint density at radius 3 is 2.77 bits per heavy atom. The first kappa shape index (κ1) is 8.10. The first-order chi connectivity index (χ1) is 6.27. The van der Waals surface area contributed by atoms with E-state index < -0.39 is 6.23 Å². The summed E-state index contributed by atoms with van der Waals surface area (Å²) in [6.07, 6.45) is 1.04. The Morgan fingerprint density at radius 2 is 2.15 bits per heavy atom. The van der Waals surface area contributed by atoms with Crippen molar-refractivity contribution >= 4 is 0 Å². The van der Waals surface area contributed by atoms with Crippen molar-refractivity contribution in [2.75, 3.05) is 0 Å². The van der Waals surface area contributed by atoms with Gasteiger partial charge in [-0.3, -0.25) is 0 Å². The molecule has 68 valence electrons. The van der Waals surface area contributed by atoms with E-state index in [2.05, 4.69) is 5.32 Å². The second-order valence-electron chi connectivity index (χ2n) is 2.90. The first-order valence-corrected chi connectivity index (χ1v) is 4.05. The monoisotopic (exact) mass is 178 g/mol. The number of hydrogen-bond donors (Lipinski definition) is 0. The van der Waals surface area contributed by atoms with E-state index in [1.807, 2.05) is 6.92 Å². The van der Waals surface area contributed by atoms with Crippen LogP contribution in [0.4, 0.5) is 4.39 Å². The van der Waals surface area contributed by atoms with Crippen LogP contribution in [0, 0.1) is 5.82 Å². The van der Waals surface area contributed by atoms with Crippen LogP contribution in [-0.2, 0) is 4.74 Å². The van der Waals surface area contributed by atoms with Crippen LogP contribution >= 0.6 is 0 Å². The molecule has 2 rings (SSSR count). The third kappa shape index (κ3) is 1.49. The SMILES string of the molecule is CC1=COC(c2ccccc2F)[N-]1.